The Balaban J connectivity index is 2.65. The van der Waals surface area contributed by atoms with Crippen molar-refractivity contribution in [2.45, 2.75) is 25.5 Å². The molecular formula is C8H11BrN2OS2. The molecule has 1 rings (SSSR count). The second-order valence-electron chi connectivity index (χ2n) is 3.61. The van der Waals surface area contributed by atoms with Crippen LogP contribution in [0.25, 0.3) is 0 Å². The Morgan fingerprint density at radius 3 is 2.71 bits per heavy atom. The van der Waals surface area contributed by atoms with Gasteiger partial charge in [0.25, 0.3) is 0 Å². The van der Waals surface area contributed by atoms with Gasteiger partial charge in [-0.3, -0.25) is 0 Å². The molecule has 1 unspecified atom stereocenters. The predicted molar refractivity (Wildman–Crippen MR) is 65.3 cm³/mol. The summed E-state index contributed by atoms with van der Waals surface area (Å²) in [4.78, 5) is 4.90. The lowest BCUT2D eigenvalue weighted by atomic mass is 10.3. The van der Waals surface area contributed by atoms with E-state index in [4.69, 9.17) is 0 Å². The van der Waals surface area contributed by atoms with Crippen LogP contribution in [0.5, 0.6) is 0 Å². The molecule has 0 amide bonds. The van der Waals surface area contributed by atoms with Gasteiger partial charge in [-0.15, -0.1) is 11.3 Å². The van der Waals surface area contributed by atoms with Crippen LogP contribution < -0.4 is 0 Å². The number of halogens is 1. The fraction of sp³-hybridized carbons (Fsp3) is 0.500. The number of thiazole rings is 1. The molecular weight excluding hydrogens is 284 g/mol. The van der Waals surface area contributed by atoms with Crippen molar-refractivity contribution in [2.24, 2.45) is 4.40 Å². The third-order valence-electron chi connectivity index (χ3n) is 1.29. The molecule has 0 aliphatic rings. The van der Waals surface area contributed by atoms with Gasteiger partial charge in [0.1, 0.15) is 16.1 Å². The predicted octanol–water partition coefficient (Wildman–Crippen LogP) is 2.79. The molecule has 0 bridgehead atoms. The van der Waals surface area contributed by atoms with Crippen molar-refractivity contribution in [3.63, 3.8) is 0 Å². The first kappa shape index (κ1) is 12.2. The van der Waals surface area contributed by atoms with Crippen LogP contribution in [-0.4, -0.2) is 20.5 Å². The average Bonchev–Trinajstić information content (AvgIpc) is 2.45. The van der Waals surface area contributed by atoms with E-state index in [-0.39, 0.29) is 4.75 Å². The van der Waals surface area contributed by atoms with Crippen LogP contribution in [0.15, 0.2) is 14.5 Å². The summed E-state index contributed by atoms with van der Waals surface area (Å²) in [6, 6.07) is 0. The minimum atomic E-state index is -1.20. The van der Waals surface area contributed by atoms with E-state index in [1.807, 2.05) is 20.8 Å². The minimum Gasteiger partial charge on any atom is -0.591 e. The second-order valence-corrected chi connectivity index (χ2v) is 7.88. The molecule has 6 heteroatoms. The van der Waals surface area contributed by atoms with E-state index in [1.165, 1.54) is 11.3 Å². The second kappa shape index (κ2) is 4.74. The van der Waals surface area contributed by atoms with Gasteiger partial charge < -0.3 is 4.55 Å². The van der Waals surface area contributed by atoms with Crippen molar-refractivity contribution in [3.8, 4) is 0 Å². The summed E-state index contributed by atoms with van der Waals surface area (Å²) >= 11 is 3.52. The van der Waals surface area contributed by atoms with E-state index in [1.54, 1.807) is 12.4 Å². The third-order valence-corrected chi connectivity index (χ3v) is 4.05. The van der Waals surface area contributed by atoms with Gasteiger partial charge in [0.05, 0.1) is 11.1 Å². The number of hydrogen-bond acceptors (Lipinski definition) is 4. The molecule has 0 saturated carbocycles. The molecule has 0 saturated heterocycles. The van der Waals surface area contributed by atoms with Gasteiger partial charge in [0.15, 0.2) is 3.92 Å². The van der Waals surface area contributed by atoms with Gasteiger partial charge in [-0.2, -0.15) is 0 Å². The number of hydrogen-bond donors (Lipinski definition) is 0. The van der Waals surface area contributed by atoms with Gasteiger partial charge in [-0.25, -0.2) is 4.98 Å². The third kappa shape index (κ3) is 3.68. The molecule has 0 aromatic carbocycles. The summed E-state index contributed by atoms with van der Waals surface area (Å²) in [5.74, 6) is 0. The lowest BCUT2D eigenvalue weighted by Crippen LogP contribution is -2.25. The lowest BCUT2D eigenvalue weighted by Gasteiger charge is -2.17. The lowest BCUT2D eigenvalue weighted by molar-refractivity contribution is 0.562. The Morgan fingerprint density at radius 1 is 1.64 bits per heavy atom. The zero-order valence-electron chi connectivity index (χ0n) is 8.15. The molecule has 1 heterocycles. The van der Waals surface area contributed by atoms with Crippen molar-refractivity contribution in [2.75, 3.05) is 0 Å². The highest BCUT2D eigenvalue weighted by Crippen LogP contribution is 2.19. The molecule has 1 aromatic rings. The van der Waals surface area contributed by atoms with E-state index < -0.39 is 11.4 Å². The Bertz CT molecular complexity index is 332. The van der Waals surface area contributed by atoms with Crippen LogP contribution in [0.2, 0.25) is 0 Å². The minimum absolute atomic E-state index is 0.307. The van der Waals surface area contributed by atoms with Gasteiger partial charge in [0.2, 0.25) is 0 Å². The van der Waals surface area contributed by atoms with Crippen LogP contribution in [0, 0.1) is 0 Å². The van der Waals surface area contributed by atoms with Crippen LogP contribution in [-0.2, 0) is 11.4 Å². The van der Waals surface area contributed by atoms with Crippen molar-refractivity contribution in [1.29, 1.82) is 0 Å². The van der Waals surface area contributed by atoms with Gasteiger partial charge in [-0.1, -0.05) is 4.40 Å². The standard InChI is InChI=1S/C8H11BrN2OS2/c1-8(2,3)14(12)11-5-6-4-10-7(9)13-6/h4-5H,1-3H3. The number of rotatable bonds is 2. The summed E-state index contributed by atoms with van der Waals surface area (Å²) in [6.07, 6.45) is 3.29. The van der Waals surface area contributed by atoms with E-state index >= 15 is 0 Å². The van der Waals surface area contributed by atoms with Crippen LogP contribution >= 0.6 is 27.3 Å². The van der Waals surface area contributed by atoms with Crippen molar-refractivity contribution in [1.82, 2.24) is 4.98 Å². The fourth-order valence-corrected chi connectivity index (χ4v) is 2.35. The Morgan fingerprint density at radius 2 is 2.29 bits per heavy atom. The quantitative estimate of drug-likeness (QED) is 0.622. The van der Waals surface area contributed by atoms with Crippen LogP contribution in [0.4, 0.5) is 0 Å². The maximum absolute atomic E-state index is 11.5. The van der Waals surface area contributed by atoms with Crippen LogP contribution in [0.1, 0.15) is 25.6 Å². The van der Waals surface area contributed by atoms with Crippen LogP contribution in [0.3, 0.4) is 0 Å². The first-order valence-corrected chi connectivity index (χ1v) is 6.68. The SMILES string of the molecule is CC(C)(C)[S+]([O-])N=Cc1cnc(Br)s1. The highest BCUT2D eigenvalue weighted by atomic mass is 79.9. The molecule has 3 nitrogen and oxygen atoms in total. The van der Waals surface area contributed by atoms with E-state index in [0.717, 1.165) is 8.79 Å². The Hall–Kier alpha value is 0.0900. The molecule has 1 atom stereocenters. The van der Waals surface area contributed by atoms with Crippen molar-refractivity contribution in [3.05, 3.63) is 15.0 Å². The number of aromatic nitrogens is 1. The largest absolute Gasteiger partial charge is 0.591 e. The summed E-state index contributed by atoms with van der Waals surface area (Å²) in [5.41, 5.74) is 0. The molecule has 0 spiro atoms. The van der Waals surface area contributed by atoms with Gasteiger partial charge >= 0.3 is 0 Å². The molecule has 1 aromatic heterocycles. The molecule has 0 aliphatic carbocycles. The molecule has 0 N–H and O–H groups in total. The summed E-state index contributed by atoms with van der Waals surface area (Å²) in [5, 5.41) is 0. The molecule has 14 heavy (non-hydrogen) atoms. The van der Waals surface area contributed by atoms with E-state index in [0.29, 0.717) is 0 Å². The Kier molecular flexibility index (Phi) is 4.12. The topological polar surface area (TPSA) is 48.3 Å². The molecule has 0 fully saturated rings. The maximum Gasteiger partial charge on any atom is 0.159 e. The first-order chi connectivity index (χ1) is 6.39. The monoisotopic (exact) mass is 294 g/mol. The van der Waals surface area contributed by atoms with Crippen molar-refractivity contribution < 1.29 is 4.55 Å². The molecule has 0 radical (unpaired) electrons. The summed E-state index contributed by atoms with van der Waals surface area (Å²) in [6.45, 7) is 5.68. The first-order valence-electron chi connectivity index (χ1n) is 3.97. The van der Waals surface area contributed by atoms with Gasteiger partial charge in [0, 0.05) is 6.20 Å². The average molecular weight is 295 g/mol. The van der Waals surface area contributed by atoms with Gasteiger partial charge in [-0.05, 0) is 36.7 Å². The smallest absolute Gasteiger partial charge is 0.159 e. The van der Waals surface area contributed by atoms with E-state index in [2.05, 4.69) is 25.3 Å². The zero-order valence-corrected chi connectivity index (χ0v) is 11.4. The molecule has 0 aliphatic heterocycles. The zero-order chi connectivity index (χ0) is 10.8. The molecule has 78 valence electrons. The highest BCUT2D eigenvalue weighted by Gasteiger charge is 2.25. The summed E-state index contributed by atoms with van der Waals surface area (Å²) < 4.78 is 16.0. The fourth-order valence-electron chi connectivity index (χ4n) is 0.582. The maximum atomic E-state index is 11.5. The number of nitrogens with zero attached hydrogens (tertiary/aromatic N) is 2. The summed E-state index contributed by atoms with van der Waals surface area (Å²) in [7, 11) is 0. The normalized spacial score (nSPS) is 14.9. The Labute approximate surface area is 99.1 Å². The van der Waals surface area contributed by atoms with E-state index in [9.17, 15) is 4.55 Å². The highest BCUT2D eigenvalue weighted by molar-refractivity contribution is 9.11. The van der Waals surface area contributed by atoms with Crippen molar-refractivity contribution >= 4 is 44.8 Å².